The zero-order chi connectivity index (χ0) is 14.2. The molecular weight excluding hydrogens is 369 g/mol. The number of aryl methyl sites for hydroxylation is 3. The lowest BCUT2D eigenvalue weighted by molar-refractivity contribution is 0.845. The van der Waals surface area contributed by atoms with E-state index in [0.29, 0.717) is 0 Å². The largest absolute Gasteiger partial charge is 0.320 e. The summed E-state index contributed by atoms with van der Waals surface area (Å²) in [6, 6.07) is 10.1. The van der Waals surface area contributed by atoms with Crippen molar-refractivity contribution >= 4 is 34.2 Å². The first-order chi connectivity index (χ1) is 8.90. The van der Waals surface area contributed by atoms with Gasteiger partial charge in [-0.15, -0.1) is 0 Å². The van der Waals surface area contributed by atoms with Crippen LogP contribution < -0.4 is 5.73 Å². The lowest BCUT2D eigenvalue weighted by atomic mass is 9.90. The standard InChI is InChI=1S/C16H17ClIN/c1-9-6-10(2)15(11(3)7-9)16(19)13-8-12(17)4-5-14(13)18/h4-8,16H,19H2,1-3H3. The Bertz CT molecular complexity index is 599. The molecule has 0 bridgehead atoms. The first-order valence-electron chi connectivity index (χ1n) is 6.18. The molecule has 1 nitrogen and oxygen atoms in total. The monoisotopic (exact) mass is 385 g/mol. The quantitative estimate of drug-likeness (QED) is 0.730. The fourth-order valence-corrected chi connectivity index (χ4v) is 3.44. The Kier molecular flexibility index (Phi) is 4.54. The third kappa shape index (κ3) is 3.12. The minimum absolute atomic E-state index is 0.133. The van der Waals surface area contributed by atoms with Gasteiger partial charge in [0.15, 0.2) is 0 Å². The van der Waals surface area contributed by atoms with Crippen LogP contribution in [-0.4, -0.2) is 0 Å². The molecule has 1 atom stereocenters. The highest BCUT2D eigenvalue weighted by molar-refractivity contribution is 14.1. The molecule has 0 amide bonds. The first-order valence-corrected chi connectivity index (χ1v) is 7.64. The van der Waals surface area contributed by atoms with Gasteiger partial charge in [0.2, 0.25) is 0 Å². The van der Waals surface area contributed by atoms with Gasteiger partial charge in [-0.3, -0.25) is 0 Å². The number of hydrogen-bond acceptors (Lipinski definition) is 1. The van der Waals surface area contributed by atoms with Gasteiger partial charge in [-0.25, -0.2) is 0 Å². The Morgan fingerprint density at radius 1 is 1.05 bits per heavy atom. The van der Waals surface area contributed by atoms with E-state index in [1.807, 2.05) is 18.2 Å². The Morgan fingerprint density at radius 3 is 2.21 bits per heavy atom. The molecule has 100 valence electrons. The van der Waals surface area contributed by atoms with E-state index in [4.69, 9.17) is 17.3 Å². The molecule has 0 saturated carbocycles. The molecule has 0 radical (unpaired) electrons. The van der Waals surface area contributed by atoms with Crippen LogP contribution in [0.25, 0.3) is 0 Å². The summed E-state index contributed by atoms with van der Waals surface area (Å²) in [4.78, 5) is 0. The van der Waals surface area contributed by atoms with Gasteiger partial charge in [0, 0.05) is 8.59 Å². The van der Waals surface area contributed by atoms with E-state index in [1.165, 1.54) is 22.3 Å². The fourth-order valence-electron chi connectivity index (χ4n) is 2.59. The molecule has 1 unspecified atom stereocenters. The third-order valence-electron chi connectivity index (χ3n) is 3.34. The number of nitrogens with two attached hydrogens (primary N) is 1. The highest BCUT2D eigenvalue weighted by atomic mass is 127. The van der Waals surface area contributed by atoms with E-state index in [9.17, 15) is 0 Å². The molecule has 2 aromatic rings. The predicted octanol–water partition coefficient (Wildman–Crippen LogP) is 4.92. The SMILES string of the molecule is Cc1cc(C)c(C(N)c2cc(Cl)ccc2I)c(C)c1. The molecule has 2 aromatic carbocycles. The summed E-state index contributed by atoms with van der Waals surface area (Å²) in [5, 5.41) is 0.730. The molecule has 0 aliphatic heterocycles. The number of benzene rings is 2. The van der Waals surface area contributed by atoms with Crippen LogP contribution in [0.2, 0.25) is 5.02 Å². The summed E-state index contributed by atoms with van der Waals surface area (Å²) in [5.74, 6) is 0. The summed E-state index contributed by atoms with van der Waals surface area (Å²) >= 11 is 8.40. The Morgan fingerprint density at radius 2 is 1.63 bits per heavy atom. The van der Waals surface area contributed by atoms with E-state index in [1.54, 1.807) is 0 Å². The molecule has 0 aliphatic rings. The van der Waals surface area contributed by atoms with Gasteiger partial charge in [-0.2, -0.15) is 0 Å². The maximum absolute atomic E-state index is 6.47. The minimum atomic E-state index is -0.133. The molecule has 19 heavy (non-hydrogen) atoms. The lowest BCUT2D eigenvalue weighted by Gasteiger charge is -2.20. The van der Waals surface area contributed by atoms with E-state index < -0.39 is 0 Å². The Hall–Kier alpha value is -0.580. The van der Waals surface area contributed by atoms with Crippen LogP contribution in [-0.2, 0) is 0 Å². The highest BCUT2D eigenvalue weighted by Gasteiger charge is 2.17. The lowest BCUT2D eigenvalue weighted by Crippen LogP contribution is -2.16. The van der Waals surface area contributed by atoms with Crippen LogP contribution in [0.4, 0.5) is 0 Å². The van der Waals surface area contributed by atoms with Crippen LogP contribution in [0.15, 0.2) is 30.3 Å². The van der Waals surface area contributed by atoms with Gasteiger partial charge in [0.25, 0.3) is 0 Å². The van der Waals surface area contributed by atoms with Gasteiger partial charge in [-0.1, -0.05) is 29.3 Å². The summed E-state index contributed by atoms with van der Waals surface area (Å²) in [6.45, 7) is 6.34. The summed E-state index contributed by atoms with van der Waals surface area (Å²) in [7, 11) is 0. The van der Waals surface area contributed by atoms with Crippen molar-refractivity contribution in [3.8, 4) is 0 Å². The molecule has 0 aromatic heterocycles. The zero-order valence-corrected chi connectivity index (χ0v) is 14.2. The smallest absolute Gasteiger partial charge is 0.0567 e. The van der Waals surface area contributed by atoms with Crippen molar-refractivity contribution in [1.82, 2.24) is 0 Å². The van der Waals surface area contributed by atoms with Crippen LogP contribution in [0.5, 0.6) is 0 Å². The molecular formula is C16H17ClIN. The highest BCUT2D eigenvalue weighted by Crippen LogP contribution is 2.31. The van der Waals surface area contributed by atoms with Crippen molar-refractivity contribution < 1.29 is 0 Å². The second-order valence-corrected chi connectivity index (χ2v) is 6.55. The van der Waals surface area contributed by atoms with Crippen molar-refractivity contribution in [2.75, 3.05) is 0 Å². The van der Waals surface area contributed by atoms with Crippen molar-refractivity contribution in [2.45, 2.75) is 26.8 Å². The molecule has 0 fully saturated rings. The van der Waals surface area contributed by atoms with Crippen LogP contribution in [0.1, 0.15) is 33.9 Å². The van der Waals surface area contributed by atoms with Crippen LogP contribution in [0.3, 0.4) is 0 Å². The Labute approximate surface area is 133 Å². The maximum atomic E-state index is 6.47. The van der Waals surface area contributed by atoms with Crippen molar-refractivity contribution in [1.29, 1.82) is 0 Å². The second kappa shape index (κ2) is 5.81. The predicted molar refractivity (Wildman–Crippen MR) is 90.9 cm³/mol. The number of hydrogen-bond donors (Lipinski definition) is 1. The molecule has 2 rings (SSSR count). The van der Waals surface area contributed by atoms with Gasteiger partial charge < -0.3 is 5.73 Å². The second-order valence-electron chi connectivity index (χ2n) is 4.96. The van der Waals surface area contributed by atoms with E-state index in [2.05, 4.69) is 55.5 Å². The van der Waals surface area contributed by atoms with Gasteiger partial charge in [-0.05, 0) is 83.8 Å². The molecule has 0 heterocycles. The zero-order valence-electron chi connectivity index (χ0n) is 11.3. The normalized spacial score (nSPS) is 12.5. The number of rotatable bonds is 2. The van der Waals surface area contributed by atoms with Crippen LogP contribution in [0, 0.1) is 24.3 Å². The summed E-state index contributed by atoms with van der Waals surface area (Å²) < 4.78 is 1.15. The third-order valence-corrected chi connectivity index (χ3v) is 4.56. The van der Waals surface area contributed by atoms with Gasteiger partial charge in [0.1, 0.15) is 0 Å². The average molecular weight is 386 g/mol. The van der Waals surface area contributed by atoms with E-state index in [-0.39, 0.29) is 6.04 Å². The molecule has 0 spiro atoms. The minimum Gasteiger partial charge on any atom is -0.320 e. The molecule has 0 aliphatic carbocycles. The fraction of sp³-hybridized carbons (Fsp3) is 0.250. The molecule has 3 heteroatoms. The van der Waals surface area contributed by atoms with Crippen molar-refractivity contribution in [3.05, 3.63) is 66.7 Å². The topological polar surface area (TPSA) is 26.0 Å². The number of halogens is 2. The van der Waals surface area contributed by atoms with Crippen molar-refractivity contribution in [3.63, 3.8) is 0 Å². The van der Waals surface area contributed by atoms with Crippen LogP contribution >= 0.6 is 34.2 Å². The van der Waals surface area contributed by atoms with Gasteiger partial charge >= 0.3 is 0 Å². The first kappa shape index (κ1) is 14.8. The molecule has 2 N–H and O–H groups in total. The maximum Gasteiger partial charge on any atom is 0.0567 e. The average Bonchev–Trinajstić information content (AvgIpc) is 2.30. The molecule has 0 saturated heterocycles. The van der Waals surface area contributed by atoms with Crippen molar-refractivity contribution in [2.24, 2.45) is 5.73 Å². The van der Waals surface area contributed by atoms with E-state index in [0.717, 1.165) is 14.2 Å². The van der Waals surface area contributed by atoms with E-state index >= 15 is 0 Å². The van der Waals surface area contributed by atoms with Gasteiger partial charge in [0.05, 0.1) is 6.04 Å². The summed E-state index contributed by atoms with van der Waals surface area (Å²) in [6.07, 6.45) is 0. The Balaban J connectivity index is 2.56. The summed E-state index contributed by atoms with van der Waals surface area (Å²) in [5.41, 5.74) is 12.5.